The molecular weight excluding hydrogens is 246 g/mol. The number of aryl methyl sites for hydroxylation is 1. The molecule has 1 saturated carbocycles. The van der Waals surface area contributed by atoms with E-state index in [0.717, 1.165) is 6.42 Å². The maximum atomic E-state index is 11.9. The number of hydrogen-bond donors (Lipinski definition) is 1. The van der Waals surface area contributed by atoms with Crippen LogP contribution < -0.4 is 5.32 Å². The molecule has 0 saturated heterocycles. The first kappa shape index (κ1) is 13.3. The number of ketones is 1. The monoisotopic (exact) mass is 265 g/mol. The Kier molecular flexibility index (Phi) is 3.85. The summed E-state index contributed by atoms with van der Waals surface area (Å²) in [7, 11) is 0. The molecule has 18 heavy (non-hydrogen) atoms. The van der Waals surface area contributed by atoms with E-state index in [4.69, 9.17) is 0 Å². The number of carbonyl (C=O) groups excluding carboxylic acids is 2. The summed E-state index contributed by atoms with van der Waals surface area (Å²) in [4.78, 5) is 24.7. The number of rotatable bonds is 5. The van der Waals surface area contributed by atoms with Gasteiger partial charge in [0.05, 0.1) is 6.54 Å². The first-order valence-electron chi connectivity index (χ1n) is 6.35. The molecule has 2 unspecified atom stereocenters. The van der Waals surface area contributed by atoms with E-state index in [-0.39, 0.29) is 30.1 Å². The molecule has 1 N–H and O–H groups in total. The van der Waals surface area contributed by atoms with Crippen LogP contribution in [0.2, 0.25) is 0 Å². The van der Waals surface area contributed by atoms with Crippen LogP contribution in [0.4, 0.5) is 0 Å². The molecule has 1 heterocycles. The van der Waals surface area contributed by atoms with Gasteiger partial charge in [0.1, 0.15) is 0 Å². The van der Waals surface area contributed by atoms with E-state index in [1.54, 1.807) is 11.3 Å². The van der Waals surface area contributed by atoms with Crippen molar-refractivity contribution in [2.45, 2.75) is 33.1 Å². The molecule has 4 heteroatoms. The molecule has 1 aliphatic rings. The number of amides is 1. The van der Waals surface area contributed by atoms with Crippen LogP contribution in [0.1, 0.15) is 36.6 Å². The third kappa shape index (κ3) is 2.80. The molecule has 0 spiro atoms. The third-order valence-electron chi connectivity index (χ3n) is 3.45. The summed E-state index contributed by atoms with van der Waals surface area (Å²) in [5.41, 5.74) is 1.28. The van der Waals surface area contributed by atoms with Crippen LogP contribution in [0.5, 0.6) is 0 Å². The van der Waals surface area contributed by atoms with Gasteiger partial charge in [-0.2, -0.15) is 0 Å². The van der Waals surface area contributed by atoms with Crippen LogP contribution in [0.25, 0.3) is 0 Å². The van der Waals surface area contributed by atoms with Gasteiger partial charge in [-0.3, -0.25) is 9.59 Å². The molecule has 3 nitrogen and oxygen atoms in total. The van der Waals surface area contributed by atoms with E-state index >= 15 is 0 Å². The smallest absolute Gasteiger partial charge is 0.224 e. The number of Topliss-reactive ketones (excluding diaryl/α,β-unsaturated/α-hetero) is 1. The van der Waals surface area contributed by atoms with Gasteiger partial charge in [-0.05, 0) is 30.4 Å². The minimum absolute atomic E-state index is 0.0140. The molecule has 1 fully saturated rings. The average molecular weight is 265 g/mol. The Morgan fingerprint density at radius 3 is 2.78 bits per heavy atom. The molecule has 0 bridgehead atoms. The second-order valence-electron chi connectivity index (χ2n) is 5.26. The summed E-state index contributed by atoms with van der Waals surface area (Å²) in [5, 5.41) is 4.82. The van der Waals surface area contributed by atoms with Crippen molar-refractivity contribution in [3.8, 4) is 0 Å². The molecular formula is C14H19NO2S. The fraction of sp³-hybridized carbons (Fsp3) is 0.571. The van der Waals surface area contributed by atoms with Crippen LogP contribution in [-0.4, -0.2) is 18.2 Å². The number of hydrogen-bond acceptors (Lipinski definition) is 3. The van der Waals surface area contributed by atoms with Crippen LogP contribution in [0.15, 0.2) is 11.4 Å². The fourth-order valence-electron chi connectivity index (χ4n) is 2.05. The van der Waals surface area contributed by atoms with Gasteiger partial charge < -0.3 is 5.32 Å². The third-order valence-corrected chi connectivity index (χ3v) is 4.60. The zero-order chi connectivity index (χ0) is 13.3. The largest absolute Gasteiger partial charge is 0.349 e. The predicted molar refractivity (Wildman–Crippen MR) is 72.8 cm³/mol. The van der Waals surface area contributed by atoms with Gasteiger partial charge in [0.2, 0.25) is 5.91 Å². The van der Waals surface area contributed by atoms with Crippen LogP contribution in [0, 0.1) is 18.8 Å². The van der Waals surface area contributed by atoms with Crippen LogP contribution in [-0.2, 0) is 9.59 Å². The zero-order valence-corrected chi connectivity index (χ0v) is 11.8. The van der Waals surface area contributed by atoms with Gasteiger partial charge in [-0.1, -0.05) is 13.8 Å². The van der Waals surface area contributed by atoms with Gasteiger partial charge in [-0.25, -0.2) is 0 Å². The first-order valence-corrected chi connectivity index (χ1v) is 7.23. The van der Waals surface area contributed by atoms with Gasteiger partial charge >= 0.3 is 0 Å². The molecule has 2 rings (SSSR count). The highest BCUT2D eigenvalue weighted by Crippen LogP contribution is 2.50. The second-order valence-corrected chi connectivity index (χ2v) is 6.20. The summed E-state index contributed by atoms with van der Waals surface area (Å²) < 4.78 is 0. The Hall–Kier alpha value is -1.16. The van der Waals surface area contributed by atoms with Crippen molar-refractivity contribution in [3.05, 3.63) is 21.9 Å². The molecule has 0 aromatic carbocycles. The molecule has 1 aromatic heterocycles. The summed E-state index contributed by atoms with van der Waals surface area (Å²) in [6.45, 7) is 5.96. The lowest BCUT2D eigenvalue weighted by Gasteiger charge is -2.06. The lowest BCUT2D eigenvalue weighted by Crippen LogP contribution is -2.32. The van der Waals surface area contributed by atoms with E-state index in [9.17, 15) is 9.59 Å². The Morgan fingerprint density at radius 1 is 1.50 bits per heavy atom. The molecule has 0 aliphatic heterocycles. The molecule has 2 atom stereocenters. The Labute approximate surface area is 112 Å². The highest BCUT2D eigenvalue weighted by atomic mass is 32.1. The van der Waals surface area contributed by atoms with Crippen molar-refractivity contribution in [2.24, 2.45) is 11.8 Å². The minimum atomic E-state index is -0.0140. The van der Waals surface area contributed by atoms with E-state index < -0.39 is 0 Å². The van der Waals surface area contributed by atoms with Crippen molar-refractivity contribution >= 4 is 23.0 Å². The normalized spacial score (nSPS) is 22.0. The van der Waals surface area contributed by atoms with Crippen molar-refractivity contribution < 1.29 is 9.59 Å². The predicted octanol–water partition coefficient (Wildman–Crippen LogP) is 2.50. The maximum absolute atomic E-state index is 11.9. The summed E-state index contributed by atoms with van der Waals surface area (Å²) in [5.74, 6) is 0.552. The summed E-state index contributed by atoms with van der Waals surface area (Å²) in [6.07, 6.45) is 0.920. The van der Waals surface area contributed by atoms with Gasteiger partial charge in [0.15, 0.2) is 5.78 Å². The highest BCUT2D eigenvalue weighted by molar-refractivity contribution is 7.10. The standard InChI is InChI=1S/C14H19NO2S/c1-8(2)12(16)7-15-14(17)11-6-10(11)13-9(3)4-5-18-13/h4-5,8,10-11H,6-7H2,1-3H3,(H,15,17). The average Bonchev–Trinajstić information content (AvgIpc) is 3.01. The molecule has 0 radical (unpaired) electrons. The Morgan fingerprint density at radius 2 is 2.22 bits per heavy atom. The maximum Gasteiger partial charge on any atom is 0.224 e. The number of carbonyl (C=O) groups is 2. The summed E-state index contributed by atoms with van der Waals surface area (Å²) >= 11 is 1.72. The molecule has 1 amide bonds. The van der Waals surface area contributed by atoms with Crippen molar-refractivity contribution in [1.82, 2.24) is 5.32 Å². The minimum Gasteiger partial charge on any atom is -0.349 e. The van der Waals surface area contributed by atoms with Crippen molar-refractivity contribution in [2.75, 3.05) is 6.54 Å². The lowest BCUT2D eigenvalue weighted by molar-refractivity contribution is -0.127. The SMILES string of the molecule is Cc1ccsc1C1CC1C(=O)NCC(=O)C(C)C. The highest BCUT2D eigenvalue weighted by Gasteiger charge is 2.45. The van der Waals surface area contributed by atoms with Crippen LogP contribution in [0.3, 0.4) is 0 Å². The molecule has 98 valence electrons. The lowest BCUT2D eigenvalue weighted by atomic mass is 10.1. The van der Waals surface area contributed by atoms with E-state index in [1.165, 1.54) is 10.4 Å². The van der Waals surface area contributed by atoms with Gasteiger partial charge in [-0.15, -0.1) is 11.3 Å². The summed E-state index contributed by atoms with van der Waals surface area (Å²) in [6, 6.07) is 2.09. The first-order chi connectivity index (χ1) is 8.50. The van der Waals surface area contributed by atoms with Crippen molar-refractivity contribution in [3.63, 3.8) is 0 Å². The second kappa shape index (κ2) is 5.22. The van der Waals surface area contributed by atoms with E-state index in [2.05, 4.69) is 23.7 Å². The van der Waals surface area contributed by atoms with Crippen molar-refractivity contribution in [1.29, 1.82) is 0 Å². The Balaban J connectivity index is 1.83. The topological polar surface area (TPSA) is 46.2 Å². The van der Waals surface area contributed by atoms with Gasteiger partial charge in [0, 0.05) is 22.6 Å². The van der Waals surface area contributed by atoms with Crippen LogP contribution >= 0.6 is 11.3 Å². The Bertz CT molecular complexity index is 464. The molecule has 1 aliphatic carbocycles. The zero-order valence-electron chi connectivity index (χ0n) is 11.0. The fourth-order valence-corrected chi connectivity index (χ4v) is 3.16. The van der Waals surface area contributed by atoms with Gasteiger partial charge in [0.25, 0.3) is 0 Å². The van der Waals surface area contributed by atoms with E-state index in [1.807, 2.05) is 13.8 Å². The quantitative estimate of drug-likeness (QED) is 0.889. The van der Waals surface area contributed by atoms with E-state index in [0.29, 0.717) is 5.92 Å². The molecule has 1 aromatic rings. The number of thiophene rings is 1. The number of nitrogens with one attached hydrogen (secondary N) is 1.